The highest BCUT2D eigenvalue weighted by atomic mass is 19.4. The van der Waals surface area contributed by atoms with Gasteiger partial charge < -0.3 is 20.5 Å². The van der Waals surface area contributed by atoms with Crippen molar-refractivity contribution in [3.8, 4) is 5.75 Å². The van der Waals surface area contributed by atoms with E-state index in [1.165, 1.54) is 6.42 Å². The fraction of sp³-hybridized carbons (Fsp3) is 0.483. The van der Waals surface area contributed by atoms with Crippen molar-refractivity contribution >= 4 is 22.3 Å². The largest absolute Gasteiger partial charge is 0.493 e. The maximum Gasteiger partial charge on any atom is 0.416 e. The van der Waals surface area contributed by atoms with Crippen LogP contribution < -0.4 is 15.4 Å². The molecular weight excluding hydrogens is 479 g/mol. The normalized spacial score (nSPS) is 23.7. The molecule has 3 N–H and O–H groups in total. The lowest BCUT2D eigenvalue weighted by Crippen LogP contribution is -2.49. The van der Waals surface area contributed by atoms with E-state index < -0.39 is 17.3 Å². The Labute approximate surface area is 215 Å². The molecule has 3 aromatic rings. The number of alkyl halides is 3. The zero-order valence-electron chi connectivity index (χ0n) is 21.1. The molecule has 198 valence electrons. The highest BCUT2D eigenvalue weighted by Crippen LogP contribution is 2.42. The number of rotatable bonds is 8. The molecule has 2 saturated carbocycles. The SMILES string of the molecule is Cc1cc(Nc2cc(OCCCNC3CC4CCCC(O)(C4)C3)cc(C(F)(F)F)c2)c2ccccc2n1. The number of para-hydroxylation sites is 1. The Bertz CT molecular complexity index is 1250. The van der Waals surface area contributed by atoms with Crippen LogP contribution >= 0.6 is 0 Å². The smallest absolute Gasteiger partial charge is 0.416 e. The molecular formula is C29H34F3N3O2. The highest BCUT2D eigenvalue weighted by molar-refractivity contribution is 5.93. The van der Waals surface area contributed by atoms with Crippen LogP contribution in [0.2, 0.25) is 0 Å². The summed E-state index contributed by atoms with van der Waals surface area (Å²) in [4.78, 5) is 4.50. The highest BCUT2D eigenvalue weighted by Gasteiger charge is 2.41. The van der Waals surface area contributed by atoms with Crippen molar-refractivity contribution in [2.24, 2.45) is 5.92 Å². The van der Waals surface area contributed by atoms with E-state index in [2.05, 4.69) is 15.6 Å². The van der Waals surface area contributed by atoms with Crippen LogP contribution in [-0.4, -0.2) is 34.9 Å². The molecule has 1 heterocycles. The monoisotopic (exact) mass is 513 g/mol. The summed E-state index contributed by atoms with van der Waals surface area (Å²) in [7, 11) is 0. The summed E-state index contributed by atoms with van der Waals surface area (Å²) in [5.41, 5.74) is 1.25. The van der Waals surface area contributed by atoms with Crippen molar-refractivity contribution in [2.75, 3.05) is 18.5 Å². The number of aryl methyl sites for hydroxylation is 1. The predicted molar refractivity (Wildman–Crippen MR) is 139 cm³/mol. The molecule has 8 heteroatoms. The molecule has 5 rings (SSSR count). The molecule has 2 aliphatic carbocycles. The van der Waals surface area contributed by atoms with Gasteiger partial charge in [-0.3, -0.25) is 4.98 Å². The summed E-state index contributed by atoms with van der Waals surface area (Å²) in [6.45, 7) is 2.84. The molecule has 2 fully saturated rings. The number of fused-ring (bicyclic) bond motifs is 3. The standard InChI is InChI=1S/C29H34F3N3O2/c1-19-12-27(25-7-2-3-8-26(25)34-19)35-22-14-21(29(30,31)32)15-24(16-22)37-11-5-10-33-23-13-20-6-4-9-28(36,17-20)18-23/h2-3,7-8,12,14-16,20,23,33,36H,4-6,9-11,13,17-18H2,1H3,(H,34,35). The Balaban J connectivity index is 1.23. The van der Waals surface area contributed by atoms with Gasteiger partial charge in [-0.05, 0) is 75.8 Å². The van der Waals surface area contributed by atoms with Gasteiger partial charge in [-0.25, -0.2) is 0 Å². The van der Waals surface area contributed by atoms with Gasteiger partial charge in [0.25, 0.3) is 0 Å². The number of hydrogen-bond acceptors (Lipinski definition) is 5. The fourth-order valence-electron chi connectivity index (χ4n) is 6.00. The van der Waals surface area contributed by atoms with Crippen LogP contribution in [0.3, 0.4) is 0 Å². The van der Waals surface area contributed by atoms with Gasteiger partial charge in [0, 0.05) is 34.6 Å². The van der Waals surface area contributed by atoms with Crippen molar-refractivity contribution in [3.05, 3.63) is 59.8 Å². The van der Waals surface area contributed by atoms with Gasteiger partial charge in [-0.1, -0.05) is 31.0 Å². The number of aromatic nitrogens is 1. The minimum absolute atomic E-state index is 0.175. The molecule has 0 aliphatic heterocycles. The lowest BCUT2D eigenvalue weighted by Gasteiger charge is -2.45. The molecule has 2 aromatic carbocycles. The summed E-state index contributed by atoms with van der Waals surface area (Å²) >= 11 is 0. The molecule has 2 bridgehead atoms. The third-order valence-corrected chi connectivity index (χ3v) is 7.55. The van der Waals surface area contributed by atoms with Crippen molar-refractivity contribution in [1.29, 1.82) is 0 Å². The minimum atomic E-state index is -4.49. The minimum Gasteiger partial charge on any atom is -0.493 e. The number of aliphatic hydroxyl groups is 1. The third-order valence-electron chi connectivity index (χ3n) is 7.55. The average molecular weight is 514 g/mol. The number of nitrogens with zero attached hydrogens (tertiary/aromatic N) is 1. The number of nitrogens with one attached hydrogen (secondary N) is 2. The molecule has 0 saturated heterocycles. The summed E-state index contributed by atoms with van der Waals surface area (Å²) < 4.78 is 46.7. The topological polar surface area (TPSA) is 66.4 Å². The number of halogens is 3. The van der Waals surface area contributed by atoms with E-state index in [1.54, 1.807) is 6.07 Å². The molecule has 0 amide bonds. The first kappa shape index (κ1) is 25.8. The maximum absolute atomic E-state index is 13.7. The summed E-state index contributed by atoms with van der Waals surface area (Å²) in [5.74, 6) is 0.757. The number of ether oxygens (including phenoxy) is 1. The van der Waals surface area contributed by atoms with Crippen LogP contribution in [0.1, 0.15) is 56.2 Å². The van der Waals surface area contributed by atoms with E-state index in [4.69, 9.17) is 4.74 Å². The van der Waals surface area contributed by atoms with Crippen LogP contribution in [0.4, 0.5) is 24.5 Å². The molecule has 0 radical (unpaired) electrons. The molecule has 3 unspecified atom stereocenters. The van der Waals surface area contributed by atoms with Crippen molar-refractivity contribution in [1.82, 2.24) is 10.3 Å². The first-order chi connectivity index (χ1) is 17.7. The maximum atomic E-state index is 13.7. The average Bonchev–Trinajstić information content (AvgIpc) is 2.82. The first-order valence-corrected chi connectivity index (χ1v) is 13.1. The number of hydrogen-bond donors (Lipinski definition) is 3. The number of benzene rings is 2. The van der Waals surface area contributed by atoms with Crippen molar-refractivity contribution < 1.29 is 23.0 Å². The van der Waals surface area contributed by atoms with Gasteiger partial charge in [0.1, 0.15) is 5.75 Å². The lowest BCUT2D eigenvalue weighted by atomic mass is 9.67. The van der Waals surface area contributed by atoms with Gasteiger partial charge in [0.05, 0.1) is 23.3 Å². The Morgan fingerprint density at radius 3 is 2.78 bits per heavy atom. The van der Waals surface area contributed by atoms with E-state index in [-0.39, 0.29) is 11.8 Å². The van der Waals surface area contributed by atoms with E-state index in [1.807, 2.05) is 37.3 Å². The van der Waals surface area contributed by atoms with Crippen LogP contribution in [0.15, 0.2) is 48.5 Å². The number of pyridine rings is 1. The van der Waals surface area contributed by atoms with E-state index in [9.17, 15) is 18.3 Å². The Morgan fingerprint density at radius 1 is 1.14 bits per heavy atom. The molecule has 37 heavy (non-hydrogen) atoms. The van der Waals surface area contributed by atoms with Gasteiger partial charge in [-0.15, -0.1) is 0 Å². The van der Waals surface area contributed by atoms with Crippen LogP contribution in [0.25, 0.3) is 10.9 Å². The Kier molecular flexibility index (Phi) is 7.32. The fourth-order valence-corrected chi connectivity index (χ4v) is 6.00. The second-order valence-electron chi connectivity index (χ2n) is 10.7. The van der Waals surface area contributed by atoms with E-state index in [0.29, 0.717) is 36.9 Å². The van der Waals surface area contributed by atoms with Crippen molar-refractivity contribution in [2.45, 2.75) is 69.7 Å². The second-order valence-corrected chi connectivity index (χ2v) is 10.7. The quantitative estimate of drug-likeness (QED) is 0.291. The molecule has 5 nitrogen and oxygen atoms in total. The summed E-state index contributed by atoms with van der Waals surface area (Å²) in [5, 5.41) is 18.3. The zero-order valence-corrected chi connectivity index (χ0v) is 21.1. The lowest BCUT2D eigenvalue weighted by molar-refractivity contribution is -0.137. The molecule has 2 aliphatic rings. The molecule has 3 atom stereocenters. The summed E-state index contributed by atoms with van der Waals surface area (Å²) in [6.07, 6.45) is 2.10. The van der Waals surface area contributed by atoms with E-state index >= 15 is 0 Å². The molecule has 1 aromatic heterocycles. The van der Waals surface area contributed by atoms with Crippen LogP contribution in [0, 0.1) is 12.8 Å². The second kappa shape index (κ2) is 10.5. The van der Waals surface area contributed by atoms with Crippen LogP contribution in [0.5, 0.6) is 5.75 Å². The number of anilines is 2. The summed E-state index contributed by atoms with van der Waals surface area (Å²) in [6, 6.07) is 13.4. The molecule has 0 spiro atoms. The van der Waals surface area contributed by atoms with Gasteiger partial charge in [-0.2, -0.15) is 13.2 Å². The van der Waals surface area contributed by atoms with Crippen LogP contribution in [-0.2, 0) is 6.18 Å². The predicted octanol–water partition coefficient (Wildman–Crippen LogP) is 6.75. The Morgan fingerprint density at radius 2 is 1.97 bits per heavy atom. The Hall–Kier alpha value is -2.84. The van der Waals surface area contributed by atoms with Gasteiger partial charge in [0.15, 0.2) is 0 Å². The van der Waals surface area contributed by atoms with Crippen molar-refractivity contribution in [3.63, 3.8) is 0 Å². The first-order valence-electron chi connectivity index (χ1n) is 13.1. The zero-order chi connectivity index (χ0) is 26.0. The third kappa shape index (κ3) is 6.36. The van der Waals surface area contributed by atoms with E-state index in [0.717, 1.165) is 60.8 Å². The van der Waals surface area contributed by atoms with Gasteiger partial charge in [0.2, 0.25) is 0 Å². The van der Waals surface area contributed by atoms with Gasteiger partial charge >= 0.3 is 6.18 Å².